The zero-order valence-electron chi connectivity index (χ0n) is 13.9. The maximum absolute atomic E-state index is 12.1. The van der Waals surface area contributed by atoms with Crippen LogP contribution in [0.15, 0.2) is 53.0 Å². The van der Waals surface area contributed by atoms with Gasteiger partial charge in [-0.05, 0) is 30.7 Å². The molecule has 0 aliphatic carbocycles. The van der Waals surface area contributed by atoms with E-state index in [2.05, 4.69) is 21.2 Å². The van der Waals surface area contributed by atoms with E-state index in [0.717, 1.165) is 15.7 Å². The minimum atomic E-state index is -0.0839. The molecule has 0 saturated carbocycles. The first-order chi connectivity index (χ1) is 11.5. The molecule has 0 aromatic heterocycles. The van der Waals surface area contributed by atoms with Crippen LogP contribution < -0.4 is 10.2 Å². The lowest BCUT2D eigenvalue weighted by Crippen LogP contribution is -2.33. The number of carbonyl (C=O) groups excluding carboxylic acids is 2. The molecule has 0 atom stereocenters. The third-order valence-electron chi connectivity index (χ3n) is 3.67. The Bertz CT molecular complexity index is 714. The predicted molar refractivity (Wildman–Crippen MR) is 99.8 cm³/mol. The Hall–Kier alpha value is -2.14. The first kappa shape index (κ1) is 18.2. The molecule has 24 heavy (non-hydrogen) atoms. The lowest BCUT2D eigenvalue weighted by Gasteiger charge is -2.21. The van der Waals surface area contributed by atoms with Gasteiger partial charge in [0, 0.05) is 36.6 Å². The summed E-state index contributed by atoms with van der Waals surface area (Å²) in [5.41, 5.74) is 3.03. The van der Waals surface area contributed by atoms with Crippen molar-refractivity contribution in [1.82, 2.24) is 5.32 Å². The van der Waals surface area contributed by atoms with E-state index in [0.29, 0.717) is 13.1 Å². The highest BCUT2D eigenvalue weighted by atomic mass is 79.9. The predicted octanol–water partition coefficient (Wildman–Crippen LogP) is 3.82. The molecule has 2 aromatic carbocycles. The van der Waals surface area contributed by atoms with Gasteiger partial charge in [-0.3, -0.25) is 9.59 Å². The third-order valence-corrected chi connectivity index (χ3v) is 4.17. The molecule has 0 spiro atoms. The Morgan fingerprint density at radius 3 is 2.46 bits per heavy atom. The molecule has 0 radical (unpaired) electrons. The molecule has 0 heterocycles. The molecular weight excluding hydrogens is 368 g/mol. The standard InChI is InChI=1S/C19H21BrN2O2/c1-14-6-8-16(9-7-14)13-21-19(24)10-11-22(15(2)23)18-5-3-4-17(20)12-18/h3-9,12H,10-11,13H2,1-2H3,(H,21,24). The Kier molecular flexibility index (Phi) is 6.55. The SMILES string of the molecule is CC(=O)N(CCC(=O)NCc1ccc(C)cc1)c1cccc(Br)c1. The minimum absolute atomic E-state index is 0.0724. The van der Waals surface area contributed by atoms with E-state index < -0.39 is 0 Å². The number of rotatable bonds is 6. The summed E-state index contributed by atoms with van der Waals surface area (Å²) in [6.45, 7) is 4.38. The van der Waals surface area contributed by atoms with E-state index >= 15 is 0 Å². The first-order valence-corrected chi connectivity index (χ1v) is 8.61. The van der Waals surface area contributed by atoms with Crippen molar-refractivity contribution in [2.24, 2.45) is 0 Å². The fourth-order valence-corrected chi connectivity index (χ4v) is 2.71. The molecule has 126 valence electrons. The van der Waals surface area contributed by atoms with E-state index in [1.165, 1.54) is 12.5 Å². The number of hydrogen-bond donors (Lipinski definition) is 1. The molecule has 0 fully saturated rings. The average Bonchev–Trinajstić information content (AvgIpc) is 2.54. The second kappa shape index (κ2) is 8.64. The molecule has 5 heteroatoms. The molecule has 0 bridgehead atoms. The van der Waals surface area contributed by atoms with Crippen molar-refractivity contribution in [3.05, 3.63) is 64.1 Å². The molecule has 0 saturated heterocycles. The number of hydrogen-bond acceptors (Lipinski definition) is 2. The number of aryl methyl sites for hydroxylation is 1. The van der Waals surface area contributed by atoms with Crippen molar-refractivity contribution < 1.29 is 9.59 Å². The van der Waals surface area contributed by atoms with Crippen molar-refractivity contribution in [3.63, 3.8) is 0 Å². The van der Waals surface area contributed by atoms with Crippen molar-refractivity contribution in [1.29, 1.82) is 0 Å². The van der Waals surface area contributed by atoms with Crippen LogP contribution in [0, 0.1) is 6.92 Å². The minimum Gasteiger partial charge on any atom is -0.352 e. The van der Waals surface area contributed by atoms with Gasteiger partial charge in [-0.25, -0.2) is 0 Å². The fraction of sp³-hybridized carbons (Fsp3) is 0.263. The van der Waals surface area contributed by atoms with Gasteiger partial charge in [0.2, 0.25) is 11.8 Å². The summed E-state index contributed by atoms with van der Waals surface area (Å²) in [7, 11) is 0. The van der Waals surface area contributed by atoms with Crippen LogP contribution in [0.5, 0.6) is 0 Å². The Morgan fingerprint density at radius 2 is 1.83 bits per heavy atom. The summed E-state index contributed by atoms with van der Waals surface area (Å²) >= 11 is 3.40. The summed E-state index contributed by atoms with van der Waals surface area (Å²) in [6.07, 6.45) is 0.262. The van der Waals surface area contributed by atoms with Crippen molar-refractivity contribution >= 4 is 33.4 Å². The van der Waals surface area contributed by atoms with Crippen LogP contribution in [0.25, 0.3) is 0 Å². The molecule has 1 N–H and O–H groups in total. The number of carbonyl (C=O) groups is 2. The fourth-order valence-electron chi connectivity index (χ4n) is 2.32. The van der Waals surface area contributed by atoms with Gasteiger partial charge < -0.3 is 10.2 Å². The van der Waals surface area contributed by atoms with Gasteiger partial charge in [-0.15, -0.1) is 0 Å². The summed E-state index contributed by atoms with van der Waals surface area (Å²) in [5, 5.41) is 2.89. The zero-order valence-corrected chi connectivity index (χ0v) is 15.5. The van der Waals surface area contributed by atoms with Gasteiger partial charge >= 0.3 is 0 Å². The maximum Gasteiger partial charge on any atom is 0.223 e. The lowest BCUT2D eigenvalue weighted by molar-refractivity contribution is -0.121. The van der Waals surface area contributed by atoms with Gasteiger partial charge in [0.05, 0.1) is 0 Å². The van der Waals surface area contributed by atoms with E-state index in [-0.39, 0.29) is 18.2 Å². The number of nitrogens with zero attached hydrogens (tertiary/aromatic N) is 1. The van der Waals surface area contributed by atoms with E-state index in [9.17, 15) is 9.59 Å². The van der Waals surface area contributed by atoms with E-state index in [1.807, 2.05) is 55.5 Å². The van der Waals surface area contributed by atoms with Crippen LogP contribution >= 0.6 is 15.9 Å². The number of anilines is 1. The monoisotopic (exact) mass is 388 g/mol. The molecule has 2 aromatic rings. The molecule has 0 aliphatic heterocycles. The number of amides is 2. The summed E-state index contributed by atoms with van der Waals surface area (Å²) < 4.78 is 0.898. The highest BCUT2D eigenvalue weighted by Crippen LogP contribution is 2.20. The zero-order chi connectivity index (χ0) is 17.5. The Morgan fingerprint density at radius 1 is 1.12 bits per heavy atom. The summed E-state index contributed by atoms with van der Waals surface area (Å²) in [6, 6.07) is 15.5. The normalized spacial score (nSPS) is 10.3. The van der Waals surface area contributed by atoms with Gasteiger partial charge in [-0.1, -0.05) is 51.8 Å². The highest BCUT2D eigenvalue weighted by Gasteiger charge is 2.13. The topological polar surface area (TPSA) is 49.4 Å². The quantitative estimate of drug-likeness (QED) is 0.817. The molecule has 2 rings (SSSR count). The van der Waals surface area contributed by atoms with Gasteiger partial charge in [0.1, 0.15) is 0 Å². The smallest absolute Gasteiger partial charge is 0.223 e. The van der Waals surface area contributed by atoms with Crippen LogP contribution in [-0.2, 0) is 16.1 Å². The van der Waals surface area contributed by atoms with Gasteiger partial charge in [-0.2, -0.15) is 0 Å². The lowest BCUT2D eigenvalue weighted by atomic mass is 10.1. The summed E-state index contributed by atoms with van der Waals surface area (Å²) in [5.74, 6) is -0.156. The van der Waals surface area contributed by atoms with Gasteiger partial charge in [0.25, 0.3) is 0 Å². The second-order valence-electron chi connectivity index (χ2n) is 5.66. The van der Waals surface area contributed by atoms with Crippen molar-refractivity contribution in [3.8, 4) is 0 Å². The summed E-state index contributed by atoms with van der Waals surface area (Å²) in [4.78, 5) is 25.5. The Labute approximate surface area is 151 Å². The van der Waals surface area contributed by atoms with Crippen LogP contribution in [-0.4, -0.2) is 18.4 Å². The third kappa shape index (κ3) is 5.49. The second-order valence-corrected chi connectivity index (χ2v) is 6.58. The number of halogens is 1. The van der Waals surface area contributed by atoms with Crippen LogP contribution in [0.4, 0.5) is 5.69 Å². The maximum atomic E-state index is 12.1. The van der Waals surface area contributed by atoms with Crippen molar-refractivity contribution in [2.75, 3.05) is 11.4 Å². The molecular formula is C19H21BrN2O2. The Balaban J connectivity index is 1.88. The number of nitrogens with one attached hydrogen (secondary N) is 1. The highest BCUT2D eigenvalue weighted by molar-refractivity contribution is 9.10. The first-order valence-electron chi connectivity index (χ1n) is 7.81. The van der Waals surface area contributed by atoms with Crippen LogP contribution in [0.2, 0.25) is 0 Å². The molecule has 4 nitrogen and oxygen atoms in total. The molecule has 0 unspecified atom stereocenters. The van der Waals surface area contributed by atoms with E-state index in [1.54, 1.807) is 4.90 Å². The number of benzene rings is 2. The largest absolute Gasteiger partial charge is 0.352 e. The average molecular weight is 389 g/mol. The molecule has 0 aliphatic rings. The van der Waals surface area contributed by atoms with Crippen molar-refractivity contribution in [2.45, 2.75) is 26.8 Å². The van der Waals surface area contributed by atoms with E-state index in [4.69, 9.17) is 0 Å². The van der Waals surface area contributed by atoms with Gasteiger partial charge in [0.15, 0.2) is 0 Å². The molecule has 2 amide bonds. The van der Waals surface area contributed by atoms with Crippen LogP contribution in [0.1, 0.15) is 24.5 Å². The van der Waals surface area contributed by atoms with Crippen LogP contribution in [0.3, 0.4) is 0 Å².